The second-order valence-electron chi connectivity index (χ2n) is 5.46. The summed E-state index contributed by atoms with van der Waals surface area (Å²) < 4.78 is 28.3. The van der Waals surface area contributed by atoms with Crippen LogP contribution in [0.2, 0.25) is 0 Å². The Labute approximate surface area is 132 Å². The number of aromatic nitrogens is 3. The van der Waals surface area contributed by atoms with Gasteiger partial charge in [-0.2, -0.15) is 5.10 Å². The molecular formula is C13H16N4O3S2. The molecule has 1 amide bonds. The first-order valence-corrected chi connectivity index (χ1v) is 9.21. The SMILES string of the molecule is Cc1ncc(S(=O)(=O)NC(=O)c2cnn3c2CC(C)CC3)s1. The maximum atomic E-state index is 12.3. The number of sulfonamides is 1. The fourth-order valence-electron chi connectivity index (χ4n) is 2.48. The lowest BCUT2D eigenvalue weighted by Gasteiger charge is -2.20. The van der Waals surface area contributed by atoms with Gasteiger partial charge in [-0.1, -0.05) is 6.92 Å². The molecule has 0 radical (unpaired) electrons. The highest BCUT2D eigenvalue weighted by molar-refractivity contribution is 7.92. The third-order valence-electron chi connectivity index (χ3n) is 3.66. The Balaban J connectivity index is 1.85. The van der Waals surface area contributed by atoms with Crippen molar-refractivity contribution >= 4 is 27.3 Å². The molecule has 22 heavy (non-hydrogen) atoms. The summed E-state index contributed by atoms with van der Waals surface area (Å²) in [5.74, 6) is -0.182. The summed E-state index contributed by atoms with van der Waals surface area (Å²) in [5.41, 5.74) is 1.13. The lowest BCUT2D eigenvalue weighted by molar-refractivity contribution is 0.0980. The molecule has 1 aliphatic heterocycles. The van der Waals surface area contributed by atoms with Gasteiger partial charge in [0.1, 0.15) is 0 Å². The molecule has 0 aliphatic carbocycles. The Bertz CT molecular complexity index is 822. The van der Waals surface area contributed by atoms with Gasteiger partial charge in [0.2, 0.25) is 0 Å². The molecule has 3 heterocycles. The molecule has 3 rings (SSSR count). The predicted molar refractivity (Wildman–Crippen MR) is 81.2 cm³/mol. The molecule has 0 fully saturated rings. The van der Waals surface area contributed by atoms with E-state index in [4.69, 9.17) is 0 Å². The summed E-state index contributed by atoms with van der Waals surface area (Å²) in [6.45, 7) is 4.57. The number of hydrogen-bond donors (Lipinski definition) is 1. The molecule has 0 saturated heterocycles. The highest BCUT2D eigenvalue weighted by atomic mass is 32.2. The Kier molecular flexibility index (Phi) is 3.77. The number of carbonyl (C=O) groups is 1. The van der Waals surface area contributed by atoms with E-state index in [0.717, 1.165) is 36.4 Å². The number of hydrogen-bond acceptors (Lipinski definition) is 6. The van der Waals surface area contributed by atoms with E-state index in [1.165, 1.54) is 12.4 Å². The van der Waals surface area contributed by atoms with Crippen molar-refractivity contribution in [2.24, 2.45) is 5.92 Å². The van der Waals surface area contributed by atoms with E-state index in [0.29, 0.717) is 16.5 Å². The van der Waals surface area contributed by atoms with Crippen LogP contribution in [0.15, 0.2) is 16.6 Å². The lowest BCUT2D eigenvalue weighted by Crippen LogP contribution is -2.31. The monoisotopic (exact) mass is 340 g/mol. The fourth-order valence-corrected chi connectivity index (χ4v) is 4.55. The number of amides is 1. The average molecular weight is 340 g/mol. The lowest BCUT2D eigenvalue weighted by atomic mass is 9.96. The van der Waals surface area contributed by atoms with Crippen molar-refractivity contribution in [1.29, 1.82) is 0 Å². The van der Waals surface area contributed by atoms with E-state index < -0.39 is 15.9 Å². The summed E-state index contributed by atoms with van der Waals surface area (Å²) in [6.07, 6.45) is 4.43. The first kappa shape index (κ1) is 15.2. The number of rotatable bonds is 3. The first-order chi connectivity index (χ1) is 10.4. The van der Waals surface area contributed by atoms with Crippen LogP contribution in [0.4, 0.5) is 0 Å². The predicted octanol–water partition coefficient (Wildman–Crippen LogP) is 1.35. The Hall–Kier alpha value is -1.74. The first-order valence-electron chi connectivity index (χ1n) is 6.91. The molecule has 2 aromatic heterocycles. The highest BCUT2D eigenvalue weighted by Crippen LogP contribution is 2.23. The van der Waals surface area contributed by atoms with Crippen molar-refractivity contribution in [2.75, 3.05) is 0 Å². The molecule has 9 heteroatoms. The van der Waals surface area contributed by atoms with Crippen molar-refractivity contribution in [1.82, 2.24) is 19.5 Å². The number of carbonyl (C=O) groups excluding carboxylic acids is 1. The van der Waals surface area contributed by atoms with Crippen molar-refractivity contribution < 1.29 is 13.2 Å². The smallest absolute Gasteiger partial charge is 0.269 e. The van der Waals surface area contributed by atoms with Crippen LogP contribution in [0.1, 0.15) is 34.4 Å². The molecule has 0 saturated carbocycles. The third-order valence-corrected chi connectivity index (χ3v) is 6.37. The zero-order valence-electron chi connectivity index (χ0n) is 12.2. The highest BCUT2D eigenvalue weighted by Gasteiger charge is 2.27. The maximum Gasteiger partial charge on any atom is 0.275 e. The average Bonchev–Trinajstić information content (AvgIpc) is 3.04. The number of thiazole rings is 1. The molecule has 2 aromatic rings. The van der Waals surface area contributed by atoms with Gasteiger partial charge in [0.05, 0.1) is 28.7 Å². The van der Waals surface area contributed by atoms with Crippen molar-refractivity contribution in [3.05, 3.63) is 28.7 Å². The molecule has 118 valence electrons. The van der Waals surface area contributed by atoms with E-state index in [1.54, 1.807) is 11.6 Å². The van der Waals surface area contributed by atoms with E-state index >= 15 is 0 Å². The summed E-state index contributed by atoms with van der Waals surface area (Å²) in [5, 5.41) is 4.80. The van der Waals surface area contributed by atoms with Gasteiger partial charge >= 0.3 is 0 Å². The minimum absolute atomic E-state index is 0.0350. The van der Waals surface area contributed by atoms with Crippen LogP contribution in [0.3, 0.4) is 0 Å². The minimum atomic E-state index is -3.89. The molecule has 1 aliphatic rings. The van der Waals surface area contributed by atoms with Crippen LogP contribution in [0, 0.1) is 12.8 Å². The van der Waals surface area contributed by atoms with Gasteiger partial charge < -0.3 is 0 Å². The second kappa shape index (κ2) is 5.47. The zero-order chi connectivity index (χ0) is 15.9. The molecule has 7 nitrogen and oxygen atoms in total. The van der Waals surface area contributed by atoms with Crippen LogP contribution >= 0.6 is 11.3 Å². The Morgan fingerprint density at radius 3 is 2.91 bits per heavy atom. The van der Waals surface area contributed by atoms with Gasteiger partial charge in [0.25, 0.3) is 15.9 Å². The topological polar surface area (TPSA) is 93.9 Å². The Morgan fingerprint density at radius 2 is 2.23 bits per heavy atom. The standard InChI is InChI=1S/C13H16N4O3S2/c1-8-3-4-17-11(5-8)10(6-15-17)13(18)16-22(19,20)12-7-14-9(2)21-12/h6-8H,3-5H2,1-2H3,(H,16,18). The third kappa shape index (κ3) is 2.78. The molecule has 1 N–H and O–H groups in total. The summed E-state index contributed by atoms with van der Waals surface area (Å²) >= 11 is 1.03. The Morgan fingerprint density at radius 1 is 1.45 bits per heavy atom. The molecule has 0 spiro atoms. The molecule has 0 aromatic carbocycles. The van der Waals surface area contributed by atoms with Gasteiger partial charge in [0.15, 0.2) is 4.21 Å². The van der Waals surface area contributed by atoms with Crippen molar-refractivity contribution in [2.45, 2.75) is 37.4 Å². The zero-order valence-corrected chi connectivity index (χ0v) is 13.9. The van der Waals surface area contributed by atoms with Gasteiger partial charge in [-0.25, -0.2) is 18.1 Å². The fraction of sp³-hybridized carbons (Fsp3) is 0.462. The molecule has 1 atom stereocenters. The summed E-state index contributed by atoms with van der Waals surface area (Å²) in [6, 6.07) is 0. The quantitative estimate of drug-likeness (QED) is 0.910. The molecule has 1 unspecified atom stereocenters. The van der Waals surface area contributed by atoms with E-state index in [1.807, 2.05) is 0 Å². The molecular weight excluding hydrogens is 324 g/mol. The minimum Gasteiger partial charge on any atom is -0.269 e. The maximum absolute atomic E-state index is 12.3. The van der Waals surface area contributed by atoms with E-state index in [-0.39, 0.29) is 4.21 Å². The van der Waals surface area contributed by atoms with Gasteiger partial charge in [-0.3, -0.25) is 9.48 Å². The number of fused-ring (bicyclic) bond motifs is 1. The van der Waals surface area contributed by atoms with Crippen LogP contribution in [-0.2, 0) is 23.0 Å². The summed E-state index contributed by atoms with van der Waals surface area (Å²) in [4.78, 5) is 16.2. The largest absolute Gasteiger partial charge is 0.275 e. The summed E-state index contributed by atoms with van der Waals surface area (Å²) in [7, 11) is -3.89. The van der Waals surface area contributed by atoms with Crippen LogP contribution in [0.25, 0.3) is 0 Å². The van der Waals surface area contributed by atoms with Gasteiger partial charge in [0, 0.05) is 6.54 Å². The van der Waals surface area contributed by atoms with E-state index in [2.05, 4.69) is 21.7 Å². The van der Waals surface area contributed by atoms with Crippen LogP contribution in [0.5, 0.6) is 0 Å². The number of nitrogens with one attached hydrogen (secondary N) is 1. The van der Waals surface area contributed by atoms with Crippen LogP contribution < -0.4 is 4.72 Å². The van der Waals surface area contributed by atoms with Crippen molar-refractivity contribution in [3.8, 4) is 0 Å². The number of aryl methyl sites for hydroxylation is 2. The van der Waals surface area contributed by atoms with Crippen molar-refractivity contribution in [3.63, 3.8) is 0 Å². The van der Waals surface area contributed by atoms with E-state index in [9.17, 15) is 13.2 Å². The second-order valence-corrected chi connectivity index (χ2v) is 8.60. The number of nitrogens with zero attached hydrogens (tertiary/aromatic N) is 3. The van der Waals surface area contributed by atoms with Gasteiger partial charge in [-0.05, 0) is 25.7 Å². The van der Waals surface area contributed by atoms with Crippen LogP contribution in [-0.4, -0.2) is 29.1 Å². The van der Waals surface area contributed by atoms with Gasteiger partial charge in [-0.15, -0.1) is 11.3 Å². The molecule has 0 bridgehead atoms. The normalized spacial score (nSPS) is 18.0.